The third-order valence-corrected chi connectivity index (χ3v) is 6.12. The van der Waals surface area contributed by atoms with Gasteiger partial charge in [-0.05, 0) is 46.6 Å². The Kier molecular flexibility index (Phi) is 6.89. The molecule has 0 aliphatic rings. The van der Waals surface area contributed by atoms with Crippen LogP contribution < -0.4 is 5.30 Å². The van der Waals surface area contributed by atoms with E-state index in [9.17, 15) is 0 Å². The highest BCUT2D eigenvalue weighted by Gasteiger charge is 2.28. The molecule has 0 spiro atoms. The van der Waals surface area contributed by atoms with Gasteiger partial charge in [-0.15, -0.1) is 0 Å². The standard InChI is InChI=1S/C27H37OP/c1-25(2,3)20-16-21(26(4,5)6)24(22(17-20)27(7,8)9)29-18-23(28-10)19-14-12-11-13-15-19/h11-17H,1-10H3. The molecule has 2 heteroatoms. The van der Waals surface area contributed by atoms with Crippen LogP contribution in [-0.4, -0.2) is 12.6 Å². The lowest BCUT2D eigenvalue weighted by Gasteiger charge is -2.32. The molecule has 1 nitrogen and oxygen atoms in total. The Labute approximate surface area is 180 Å². The lowest BCUT2D eigenvalue weighted by atomic mass is 9.75. The van der Waals surface area contributed by atoms with E-state index in [1.807, 2.05) is 18.2 Å². The molecule has 0 aliphatic heterocycles. The zero-order chi connectivity index (χ0) is 22.0. The molecule has 0 aromatic heterocycles. The van der Waals surface area contributed by atoms with Gasteiger partial charge in [0.1, 0.15) is 0 Å². The van der Waals surface area contributed by atoms with Crippen LogP contribution in [0.2, 0.25) is 0 Å². The second-order valence-electron chi connectivity index (χ2n) is 10.8. The first kappa shape index (κ1) is 23.5. The summed E-state index contributed by atoms with van der Waals surface area (Å²) in [6.07, 6.45) is 0. The highest BCUT2D eigenvalue weighted by molar-refractivity contribution is 7.47. The van der Waals surface area contributed by atoms with Gasteiger partial charge < -0.3 is 4.74 Å². The van der Waals surface area contributed by atoms with E-state index in [0.717, 1.165) is 19.5 Å². The summed E-state index contributed by atoms with van der Waals surface area (Å²) < 4.78 is 5.69. The Balaban J connectivity index is 2.86. The average molecular weight is 409 g/mol. The first-order chi connectivity index (χ1) is 13.2. The zero-order valence-electron chi connectivity index (χ0n) is 19.9. The lowest BCUT2D eigenvalue weighted by Crippen LogP contribution is -2.29. The van der Waals surface area contributed by atoms with Crippen LogP contribution in [0.1, 0.15) is 84.6 Å². The van der Waals surface area contributed by atoms with E-state index in [0.29, 0.717) is 0 Å². The Hall–Kier alpha value is -1.81. The molecule has 0 radical (unpaired) electrons. The van der Waals surface area contributed by atoms with Gasteiger partial charge in [0.25, 0.3) is 0 Å². The first-order valence-corrected chi connectivity index (χ1v) is 11.3. The topological polar surface area (TPSA) is 9.23 Å². The number of benzene rings is 2. The van der Waals surface area contributed by atoms with Gasteiger partial charge in [-0.3, -0.25) is 0 Å². The van der Waals surface area contributed by atoms with Crippen molar-refractivity contribution in [3.05, 3.63) is 64.7 Å². The molecular weight excluding hydrogens is 371 g/mol. The molecule has 2 rings (SSSR count). The summed E-state index contributed by atoms with van der Waals surface area (Å²) in [4.78, 5) is 0. The van der Waals surface area contributed by atoms with Gasteiger partial charge in [-0.1, -0.05) is 105 Å². The predicted molar refractivity (Wildman–Crippen MR) is 131 cm³/mol. The van der Waals surface area contributed by atoms with Gasteiger partial charge in [0.2, 0.25) is 0 Å². The van der Waals surface area contributed by atoms with Crippen molar-refractivity contribution < 1.29 is 4.74 Å². The maximum absolute atomic E-state index is 5.69. The van der Waals surface area contributed by atoms with Crippen LogP contribution in [0.4, 0.5) is 0 Å². The first-order valence-electron chi connectivity index (χ1n) is 10.4. The van der Waals surface area contributed by atoms with E-state index in [2.05, 4.69) is 92.0 Å². The molecule has 0 unspecified atom stereocenters. The minimum absolute atomic E-state index is 0.0469. The van der Waals surface area contributed by atoms with E-state index < -0.39 is 0 Å². The SMILES string of the molecule is COC(=C=Pc1c(C(C)(C)C)cc(C(C)(C)C)cc1C(C)(C)C)c1ccccc1. The number of rotatable bonds is 3. The summed E-state index contributed by atoms with van der Waals surface area (Å²) in [5, 5.41) is 1.35. The van der Waals surface area contributed by atoms with Crippen LogP contribution in [0.3, 0.4) is 0 Å². The van der Waals surface area contributed by atoms with E-state index in [1.54, 1.807) is 7.11 Å². The van der Waals surface area contributed by atoms with Crippen LogP contribution >= 0.6 is 8.20 Å². The molecule has 0 amide bonds. The fourth-order valence-electron chi connectivity index (χ4n) is 3.26. The van der Waals surface area contributed by atoms with Crippen molar-refractivity contribution in [2.45, 2.75) is 78.6 Å². The van der Waals surface area contributed by atoms with Gasteiger partial charge in [0.15, 0.2) is 5.76 Å². The van der Waals surface area contributed by atoms with Gasteiger partial charge in [0.05, 0.1) is 7.11 Å². The average Bonchev–Trinajstić information content (AvgIpc) is 2.60. The lowest BCUT2D eigenvalue weighted by molar-refractivity contribution is 0.374. The quantitative estimate of drug-likeness (QED) is 0.384. The van der Waals surface area contributed by atoms with E-state index in [-0.39, 0.29) is 16.2 Å². The molecule has 2 aromatic rings. The second-order valence-corrected chi connectivity index (χ2v) is 11.7. The maximum Gasteiger partial charge on any atom is 0.173 e. The second kappa shape index (κ2) is 8.51. The molecule has 156 valence electrons. The monoisotopic (exact) mass is 408 g/mol. The number of ether oxygens (including phenoxy) is 1. The van der Waals surface area contributed by atoms with Gasteiger partial charge >= 0.3 is 0 Å². The molecular formula is C27H37OP. The number of methoxy groups -OCH3 is 1. The maximum atomic E-state index is 5.69. The normalized spacial score (nSPS) is 12.6. The van der Waals surface area contributed by atoms with Gasteiger partial charge in [0, 0.05) is 10.9 Å². The number of hydrogen-bond donors (Lipinski definition) is 0. The molecule has 0 saturated heterocycles. The molecule has 2 aromatic carbocycles. The van der Waals surface area contributed by atoms with Crippen molar-refractivity contribution in [3.63, 3.8) is 0 Å². The van der Waals surface area contributed by atoms with Crippen LogP contribution in [0, 0.1) is 0 Å². The molecule has 0 N–H and O–H groups in total. The van der Waals surface area contributed by atoms with Gasteiger partial charge in [-0.25, -0.2) is 0 Å². The van der Waals surface area contributed by atoms with Crippen LogP contribution in [0.25, 0.3) is 5.76 Å². The minimum Gasteiger partial charge on any atom is -0.488 e. The molecule has 0 aliphatic carbocycles. The molecule has 0 saturated carbocycles. The highest BCUT2D eigenvalue weighted by Crippen LogP contribution is 2.35. The van der Waals surface area contributed by atoms with Crippen molar-refractivity contribution in [1.29, 1.82) is 0 Å². The molecule has 29 heavy (non-hydrogen) atoms. The van der Waals surface area contributed by atoms with E-state index >= 15 is 0 Å². The third-order valence-electron chi connectivity index (χ3n) is 5.10. The Morgan fingerprint density at radius 2 is 1.24 bits per heavy atom. The third kappa shape index (κ3) is 5.85. The fraction of sp³-hybridized carbons (Fsp3) is 0.481. The van der Waals surface area contributed by atoms with Gasteiger partial charge in [-0.2, -0.15) is 0 Å². The summed E-state index contributed by atoms with van der Waals surface area (Å²) in [6.45, 7) is 20.7. The predicted octanol–water partition coefficient (Wildman–Crippen LogP) is 7.24. The van der Waals surface area contributed by atoms with E-state index in [1.165, 1.54) is 22.0 Å². The Bertz CT molecular complexity index is 875. The van der Waals surface area contributed by atoms with Crippen molar-refractivity contribution in [2.75, 3.05) is 7.11 Å². The minimum atomic E-state index is 0.0469. The van der Waals surface area contributed by atoms with Crippen LogP contribution in [0.15, 0.2) is 42.5 Å². The summed E-state index contributed by atoms with van der Waals surface area (Å²) >= 11 is 0. The van der Waals surface area contributed by atoms with Crippen molar-refractivity contribution in [2.24, 2.45) is 0 Å². The van der Waals surface area contributed by atoms with Crippen molar-refractivity contribution in [1.82, 2.24) is 0 Å². The van der Waals surface area contributed by atoms with Crippen molar-refractivity contribution in [3.8, 4) is 0 Å². The molecule has 0 heterocycles. The summed E-state index contributed by atoms with van der Waals surface area (Å²) in [5.74, 6) is 0.798. The smallest absolute Gasteiger partial charge is 0.173 e. The Morgan fingerprint density at radius 3 is 1.62 bits per heavy atom. The molecule has 0 atom stereocenters. The largest absolute Gasteiger partial charge is 0.488 e. The van der Waals surface area contributed by atoms with Crippen LogP contribution in [-0.2, 0) is 21.0 Å². The molecule has 0 fully saturated rings. The van der Waals surface area contributed by atoms with Crippen molar-refractivity contribution >= 4 is 24.7 Å². The van der Waals surface area contributed by atoms with E-state index in [4.69, 9.17) is 4.74 Å². The van der Waals surface area contributed by atoms with Crippen LogP contribution in [0.5, 0.6) is 0 Å². The molecule has 0 bridgehead atoms. The summed E-state index contributed by atoms with van der Waals surface area (Å²) in [6, 6.07) is 15.1. The highest BCUT2D eigenvalue weighted by atomic mass is 31.1. The summed E-state index contributed by atoms with van der Waals surface area (Å²) in [7, 11) is 2.77. The number of hydrogen-bond acceptors (Lipinski definition) is 1. The zero-order valence-corrected chi connectivity index (χ0v) is 20.8. The summed E-state index contributed by atoms with van der Waals surface area (Å²) in [5.41, 5.74) is 9.00. The fourth-order valence-corrected chi connectivity index (χ4v) is 4.73. The Morgan fingerprint density at radius 1 is 0.759 bits per heavy atom.